The Labute approximate surface area is 112 Å². The SMILES string of the molecule is CNCC1CCN(C(=O)c2ccc(O)cc2O)CC1. The first-order chi connectivity index (χ1) is 9.11. The smallest absolute Gasteiger partial charge is 0.257 e. The number of likely N-dealkylation sites (tertiary alicyclic amines) is 1. The lowest BCUT2D eigenvalue weighted by atomic mass is 9.96. The summed E-state index contributed by atoms with van der Waals surface area (Å²) in [4.78, 5) is 14.0. The number of benzene rings is 1. The largest absolute Gasteiger partial charge is 0.508 e. The first-order valence-electron chi connectivity index (χ1n) is 6.57. The standard InChI is InChI=1S/C14H20N2O3/c1-15-9-10-4-6-16(7-5-10)14(19)12-3-2-11(17)8-13(12)18/h2-3,8,10,15,17-18H,4-7,9H2,1H3. The first-order valence-corrected chi connectivity index (χ1v) is 6.57. The predicted octanol–water partition coefficient (Wildman–Crippen LogP) is 1.17. The molecule has 1 aromatic rings. The molecule has 1 heterocycles. The summed E-state index contributed by atoms with van der Waals surface area (Å²) in [6.07, 6.45) is 1.96. The van der Waals surface area contributed by atoms with E-state index < -0.39 is 0 Å². The maximum Gasteiger partial charge on any atom is 0.257 e. The Morgan fingerprint density at radius 1 is 1.37 bits per heavy atom. The van der Waals surface area contributed by atoms with Gasteiger partial charge in [0.05, 0.1) is 5.56 Å². The number of aromatic hydroxyl groups is 2. The van der Waals surface area contributed by atoms with Gasteiger partial charge >= 0.3 is 0 Å². The summed E-state index contributed by atoms with van der Waals surface area (Å²) in [7, 11) is 1.94. The summed E-state index contributed by atoms with van der Waals surface area (Å²) in [5.41, 5.74) is 0.255. The van der Waals surface area contributed by atoms with Crippen LogP contribution in [0.2, 0.25) is 0 Å². The Balaban J connectivity index is 2.01. The number of carbonyl (C=O) groups is 1. The Morgan fingerprint density at radius 2 is 2.05 bits per heavy atom. The molecule has 5 heteroatoms. The van der Waals surface area contributed by atoms with E-state index in [2.05, 4.69) is 5.32 Å². The summed E-state index contributed by atoms with van der Waals surface area (Å²) in [6.45, 7) is 2.41. The van der Waals surface area contributed by atoms with Crippen LogP contribution in [0.25, 0.3) is 0 Å². The van der Waals surface area contributed by atoms with Crippen LogP contribution < -0.4 is 5.32 Å². The molecule has 1 fully saturated rings. The molecule has 1 saturated heterocycles. The van der Waals surface area contributed by atoms with Gasteiger partial charge in [0.1, 0.15) is 11.5 Å². The van der Waals surface area contributed by atoms with Crippen molar-refractivity contribution < 1.29 is 15.0 Å². The molecule has 0 bridgehead atoms. The number of nitrogens with one attached hydrogen (secondary N) is 1. The average molecular weight is 264 g/mol. The molecule has 1 aliphatic rings. The molecule has 19 heavy (non-hydrogen) atoms. The minimum Gasteiger partial charge on any atom is -0.508 e. The van der Waals surface area contributed by atoms with Crippen molar-refractivity contribution in [2.45, 2.75) is 12.8 Å². The van der Waals surface area contributed by atoms with Crippen LogP contribution in [0.3, 0.4) is 0 Å². The van der Waals surface area contributed by atoms with Gasteiger partial charge in [0.15, 0.2) is 0 Å². The minimum absolute atomic E-state index is 0.0400. The molecular weight excluding hydrogens is 244 g/mol. The van der Waals surface area contributed by atoms with Crippen LogP contribution in [0.1, 0.15) is 23.2 Å². The van der Waals surface area contributed by atoms with Crippen molar-refractivity contribution in [1.82, 2.24) is 10.2 Å². The van der Waals surface area contributed by atoms with Gasteiger partial charge in [-0.15, -0.1) is 0 Å². The number of hydrogen-bond acceptors (Lipinski definition) is 4. The average Bonchev–Trinajstić information content (AvgIpc) is 2.39. The van der Waals surface area contributed by atoms with E-state index in [0.29, 0.717) is 19.0 Å². The van der Waals surface area contributed by atoms with Crippen LogP contribution >= 0.6 is 0 Å². The maximum atomic E-state index is 12.3. The van der Waals surface area contributed by atoms with Crippen molar-refractivity contribution in [3.8, 4) is 11.5 Å². The zero-order valence-electron chi connectivity index (χ0n) is 11.1. The third kappa shape index (κ3) is 3.17. The quantitative estimate of drug-likeness (QED) is 0.766. The summed E-state index contributed by atoms with van der Waals surface area (Å²) in [5, 5.41) is 22.1. The van der Waals surface area contributed by atoms with E-state index in [-0.39, 0.29) is 23.0 Å². The summed E-state index contributed by atoms with van der Waals surface area (Å²) in [6, 6.07) is 4.08. The zero-order chi connectivity index (χ0) is 13.8. The van der Waals surface area contributed by atoms with Gasteiger partial charge < -0.3 is 20.4 Å². The molecule has 0 spiro atoms. The van der Waals surface area contributed by atoms with Crippen LogP contribution in [0, 0.1) is 5.92 Å². The van der Waals surface area contributed by atoms with E-state index in [1.165, 1.54) is 18.2 Å². The van der Waals surface area contributed by atoms with Crippen LogP contribution in [-0.4, -0.2) is 47.7 Å². The molecule has 3 N–H and O–H groups in total. The number of nitrogens with zero attached hydrogens (tertiary/aromatic N) is 1. The zero-order valence-corrected chi connectivity index (χ0v) is 11.1. The number of carbonyl (C=O) groups excluding carboxylic acids is 1. The lowest BCUT2D eigenvalue weighted by Crippen LogP contribution is -2.40. The monoisotopic (exact) mass is 264 g/mol. The topological polar surface area (TPSA) is 72.8 Å². The third-order valence-electron chi connectivity index (χ3n) is 3.61. The maximum absolute atomic E-state index is 12.3. The van der Waals surface area contributed by atoms with Gasteiger partial charge in [-0.05, 0) is 44.5 Å². The fourth-order valence-electron chi connectivity index (χ4n) is 2.50. The van der Waals surface area contributed by atoms with E-state index >= 15 is 0 Å². The first kappa shape index (κ1) is 13.7. The van der Waals surface area contributed by atoms with Crippen molar-refractivity contribution in [2.75, 3.05) is 26.7 Å². The Bertz CT molecular complexity index is 454. The van der Waals surface area contributed by atoms with Crippen molar-refractivity contribution in [3.63, 3.8) is 0 Å². The summed E-state index contributed by atoms with van der Waals surface area (Å²) >= 11 is 0. The predicted molar refractivity (Wildman–Crippen MR) is 72.3 cm³/mol. The van der Waals surface area contributed by atoms with Gasteiger partial charge in [0, 0.05) is 19.2 Å². The van der Waals surface area contributed by atoms with Crippen molar-refractivity contribution in [1.29, 1.82) is 0 Å². The van der Waals surface area contributed by atoms with Gasteiger partial charge in [0.25, 0.3) is 5.91 Å². The van der Waals surface area contributed by atoms with E-state index in [1.54, 1.807) is 4.90 Å². The van der Waals surface area contributed by atoms with Crippen molar-refractivity contribution >= 4 is 5.91 Å². The highest BCUT2D eigenvalue weighted by molar-refractivity contribution is 5.97. The second-order valence-electron chi connectivity index (χ2n) is 4.99. The Hall–Kier alpha value is -1.75. The van der Waals surface area contributed by atoms with Crippen LogP contribution in [0.15, 0.2) is 18.2 Å². The lowest BCUT2D eigenvalue weighted by Gasteiger charge is -2.32. The molecule has 104 valence electrons. The van der Waals surface area contributed by atoms with Gasteiger partial charge in [-0.2, -0.15) is 0 Å². The van der Waals surface area contributed by atoms with Crippen LogP contribution in [0.5, 0.6) is 11.5 Å². The summed E-state index contributed by atoms with van der Waals surface area (Å²) in [5.74, 6) is 0.243. The molecular formula is C14H20N2O3. The number of piperidine rings is 1. The molecule has 0 radical (unpaired) electrons. The van der Waals surface area contributed by atoms with Crippen LogP contribution in [0.4, 0.5) is 0 Å². The van der Waals surface area contributed by atoms with Crippen molar-refractivity contribution in [2.24, 2.45) is 5.92 Å². The Morgan fingerprint density at radius 3 is 2.63 bits per heavy atom. The van der Waals surface area contributed by atoms with Gasteiger partial charge in [-0.25, -0.2) is 0 Å². The molecule has 0 aliphatic carbocycles. The Kier molecular flexibility index (Phi) is 4.27. The third-order valence-corrected chi connectivity index (χ3v) is 3.61. The second-order valence-corrected chi connectivity index (χ2v) is 4.99. The normalized spacial score (nSPS) is 16.6. The fraction of sp³-hybridized carbons (Fsp3) is 0.500. The van der Waals surface area contributed by atoms with Crippen LogP contribution in [-0.2, 0) is 0 Å². The molecule has 1 amide bonds. The highest BCUT2D eigenvalue weighted by atomic mass is 16.3. The summed E-state index contributed by atoms with van der Waals surface area (Å²) < 4.78 is 0. The van der Waals surface area contributed by atoms with Gasteiger partial charge in [-0.3, -0.25) is 4.79 Å². The fourth-order valence-corrected chi connectivity index (χ4v) is 2.50. The van der Waals surface area contributed by atoms with E-state index in [9.17, 15) is 15.0 Å². The molecule has 5 nitrogen and oxygen atoms in total. The number of amides is 1. The van der Waals surface area contributed by atoms with E-state index in [0.717, 1.165) is 19.4 Å². The molecule has 1 aliphatic heterocycles. The minimum atomic E-state index is -0.166. The van der Waals surface area contributed by atoms with Gasteiger partial charge in [-0.1, -0.05) is 0 Å². The number of rotatable bonds is 3. The van der Waals surface area contributed by atoms with Gasteiger partial charge in [0.2, 0.25) is 0 Å². The highest BCUT2D eigenvalue weighted by Gasteiger charge is 2.24. The molecule has 1 aromatic carbocycles. The lowest BCUT2D eigenvalue weighted by molar-refractivity contribution is 0.0688. The van der Waals surface area contributed by atoms with E-state index in [1.807, 2.05) is 7.05 Å². The number of phenolic OH excluding ortho intramolecular Hbond substituents is 2. The number of phenols is 2. The van der Waals surface area contributed by atoms with E-state index in [4.69, 9.17) is 0 Å². The van der Waals surface area contributed by atoms with Crippen molar-refractivity contribution in [3.05, 3.63) is 23.8 Å². The molecule has 0 unspecified atom stereocenters. The molecule has 2 rings (SSSR count). The molecule has 0 saturated carbocycles. The molecule has 0 aromatic heterocycles. The second kappa shape index (κ2) is 5.93. The number of hydrogen-bond donors (Lipinski definition) is 3. The molecule has 0 atom stereocenters. The highest BCUT2D eigenvalue weighted by Crippen LogP contribution is 2.25.